The summed E-state index contributed by atoms with van der Waals surface area (Å²) < 4.78 is 5.60. The number of carbonyl (C=O) groups is 1. The molecule has 0 unspecified atom stereocenters. The fourth-order valence-corrected chi connectivity index (χ4v) is 3.50. The summed E-state index contributed by atoms with van der Waals surface area (Å²) in [6.45, 7) is 0.398. The Labute approximate surface area is 149 Å². The maximum Gasteiger partial charge on any atom is 0.266 e. The van der Waals surface area contributed by atoms with Crippen molar-refractivity contribution >= 4 is 40.3 Å². The highest BCUT2D eigenvalue weighted by atomic mass is 32.2. The first-order valence-corrected chi connectivity index (χ1v) is 8.32. The van der Waals surface area contributed by atoms with Gasteiger partial charge in [0.1, 0.15) is 4.32 Å². The zero-order chi connectivity index (χ0) is 17.1. The number of phenolic OH excluding ortho intramolecular Hbond substituents is 1. The first kappa shape index (κ1) is 16.5. The van der Waals surface area contributed by atoms with Crippen molar-refractivity contribution < 1.29 is 14.6 Å². The largest absolute Gasteiger partial charge is 0.504 e. The molecule has 0 bridgehead atoms. The van der Waals surface area contributed by atoms with Crippen molar-refractivity contribution in [3.63, 3.8) is 0 Å². The van der Waals surface area contributed by atoms with Crippen LogP contribution in [0.25, 0.3) is 6.08 Å². The predicted molar refractivity (Wildman–Crippen MR) is 97.6 cm³/mol. The van der Waals surface area contributed by atoms with Gasteiger partial charge in [0.25, 0.3) is 5.91 Å². The maximum absolute atomic E-state index is 12.6. The van der Waals surface area contributed by atoms with E-state index in [1.54, 1.807) is 35.5 Å². The van der Waals surface area contributed by atoms with Gasteiger partial charge in [0.05, 0.1) is 18.6 Å². The van der Waals surface area contributed by atoms with Crippen molar-refractivity contribution in [1.82, 2.24) is 9.88 Å². The lowest BCUT2D eigenvalue weighted by molar-refractivity contribution is -0.122. The molecule has 3 rings (SSSR count). The number of methoxy groups -OCH3 is 1. The van der Waals surface area contributed by atoms with E-state index in [1.165, 1.54) is 24.9 Å². The molecule has 0 radical (unpaired) electrons. The van der Waals surface area contributed by atoms with Gasteiger partial charge in [-0.3, -0.25) is 14.7 Å². The van der Waals surface area contributed by atoms with E-state index in [2.05, 4.69) is 4.98 Å². The second-order valence-corrected chi connectivity index (χ2v) is 6.74. The van der Waals surface area contributed by atoms with Crippen LogP contribution in [0.15, 0.2) is 47.6 Å². The van der Waals surface area contributed by atoms with Crippen molar-refractivity contribution in [3.05, 3.63) is 58.8 Å². The molecule has 1 amide bonds. The van der Waals surface area contributed by atoms with E-state index in [1.807, 2.05) is 12.1 Å². The van der Waals surface area contributed by atoms with Crippen molar-refractivity contribution in [2.24, 2.45) is 0 Å². The van der Waals surface area contributed by atoms with Crippen LogP contribution in [0.5, 0.6) is 11.5 Å². The van der Waals surface area contributed by atoms with Crippen LogP contribution in [0.4, 0.5) is 0 Å². The highest BCUT2D eigenvalue weighted by Crippen LogP contribution is 2.35. The highest BCUT2D eigenvalue weighted by molar-refractivity contribution is 8.26. The monoisotopic (exact) mass is 358 g/mol. The predicted octanol–water partition coefficient (Wildman–Crippen LogP) is 3.20. The van der Waals surface area contributed by atoms with E-state index in [0.29, 0.717) is 21.5 Å². The number of pyridine rings is 1. The minimum absolute atomic E-state index is 0.0544. The molecule has 1 aliphatic rings. The minimum Gasteiger partial charge on any atom is -0.504 e. The second-order valence-electron chi connectivity index (χ2n) is 5.06. The number of benzene rings is 1. The van der Waals surface area contributed by atoms with Crippen molar-refractivity contribution in [2.45, 2.75) is 6.54 Å². The third kappa shape index (κ3) is 3.42. The number of amides is 1. The van der Waals surface area contributed by atoms with Gasteiger partial charge in [-0.2, -0.15) is 0 Å². The fourth-order valence-electron chi connectivity index (χ4n) is 2.25. The van der Waals surface area contributed by atoms with Gasteiger partial charge in [-0.15, -0.1) is 0 Å². The molecule has 2 aromatic rings. The van der Waals surface area contributed by atoms with Crippen molar-refractivity contribution in [2.75, 3.05) is 7.11 Å². The van der Waals surface area contributed by atoms with Crippen LogP contribution in [0.2, 0.25) is 0 Å². The topological polar surface area (TPSA) is 62.7 Å². The average Bonchev–Trinajstić information content (AvgIpc) is 2.85. The molecule has 1 aromatic heterocycles. The first-order valence-electron chi connectivity index (χ1n) is 7.10. The lowest BCUT2D eigenvalue weighted by Gasteiger charge is -2.13. The van der Waals surface area contributed by atoms with Crippen LogP contribution in [-0.4, -0.2) is 32.3 Å². The highest BCUT2D eigenvalue weighted by Gasteiger charge is 2.32. The van der Waals surface area contributed by atoms with Gasteiger partial charge in [0.2, 0.25) is 0 Å². The third-order valence-electron chi connectivity index (χ3n) is 3.44. The molecule has 1 aromatic carbocycles. The summed E-state index contributed by atoms with van der Waals surface area (Å²) in [5.41, 5.74) is 1.67. The summed E-state index contributed by atoms with van der Waals surface area (Å²) in [5, 5.41) is 9.64. The maximum atomic E-state index is 12.6. The smallest absolute Gasteiger partial charge is 0.266 e. The molecular weight excluding hydrogens is 344 g/mol. The minimum atomic E-state index is -0.138. The van der Waals surface area contributed by atoms with Gasteiger partial charge in [0.15, 0.2) is 11.5 Å². The van der Waals surface area contributed by atoms with Gasteiger partial charge in [-0.25, -0.2) is 0 Å². The van der Waals surface area contributed by atoms with Crippen molar-refractivity contribution in [1.29, 1.82) is 0 Å². The molecule has 5 nitrogen and oxygen atoms in total. The lowest BCUT2D eigenvalue weighted by Crippen LogP contribution is -2.27. The van der Waals surface area contributed by atoms with Gasteiger partial charge in [-0.05, 0) is 35.4 Å². The summed E-state index contributed by atoms with van der Waals surface area (Å²) in [7, 11) is 1.48. The molecular formula is C17H14N2O3S2. The molecule has 7 heteroatoms. The molecule has 1 saturated heterocycles. The van der Waals surface area contributed by atoms with Crippen LogP contribution in [0, 0.1) is 0 Å². The number of thioether (sulfide) groups is 1. The molecule has 1 fully saturated rings. The standard InChI is InChI=1S/C17H14N2O3S2/c1-22-14-7-11(4-5-13(14)20)8-15-16(21)19(17(23)24-15)10-12-3-2-6-18-9-12/h2-9,20H,10H2,1H3/b15-8-. The van der Waals surface area contributed by atoms with Crippen LogP contribution in [0.3, 0.4) is 0 Å². The number of aromatic hydroxyl groups is 1. The average molecular weight is 358 g/mol. The number of hydrogen-bond donors (Lipinski definition) is 1. The number of ether oxygens (including phenoxy) is 1. The number of carbonyl (C=O) groups excluding carboxylic acids is 1. The third-order valence-corrected chi connectivity index (χ3v) is 4.82. The Balaban J connectivity index is 1.83. The van der Waals surface area contributed by atoms with Crippen LogP contribution >= 0.6 is 24.0 Å². The van der Waals surface area contributed by atoms with E-state index in [0.717, 1.165) is 11.1 Å². The van der Waals surface area contributed by atoms with Crippen LogP contribution in [-0.2, 0) is 11.3 Å². The Morgan fingerprint density at radius 1 is 1.42 bits per heavy atom. The van der Waals surface area contributed by atoms with E-state index in [4.69, 9.17) is 17.0 Å². The lowest BCUT2D eigenvalue weighted by atomic mass is 10.2. The summed E-state index contributed by atoms with van der Waals surface area (Å²) in [4.78, 5) is 18.7. The number of nitrogens with zero attached hydrogens (tertiary/aromatic N) is 2. The van der Waals surface area contributed by atoms with E-state index >= 15 is 0 Å². The second kappa shape index (κ2) is 7.02. The van der Waals surface area contributed by atoms with Gasteiger partial charge in [0, 0.05) is 12.4 Å². The normalized spacial score (nSPS) is 16.0. The molecule has 0 spiro atoms. The van der Waals surface area contributed by atoms with E-state index in [9.17, 15) is 9.90 Å². The molecule has 1 N–H and O–H groups in total. The first-order chi connectivity index (χ1) is 11.6. The SMILES string of the molecule is COc1cc(/C=C2\SC(=S)N(Cc3cccnc3)C2=O)ccc1O. The Hall–Kier alpha value is -2.38. The summed E-state index contributed by atoms with van der Waals surface area (Å²) >= 11 is 6.58. The van der Waals surface area contributed by atoms with E-state index in [-0.39, 0.29) is 11.7 Å². The zero-order valence-electron chi connectivity index (χ0n) is 12.8. The molecule has 1 aliphatic heterocycles. The number of hydrogen-bond acceptors (Lipinski definition) is 6. The van der Waals surface area contributed by atoms with Gasteiger partial charge >= 0.3 is 0 Å². The summed E-state index contributed by atoms with van der Waals surface area (Å²) in [6.07, 6.45) is 5.14. The Morgan fingerprint density at radius 3 is 2.96 bits per heavy atom. The summed E-state index contributed by atoms with van der Waals surface area (Å²) in [5.74, 6) is 0.272. The Kier molecular flexibility index (Phi) is 4.82. The molecule has 2 heterocycles. The molecule has 24 heavy (non-hydrogen) atoms. The van der Waals surface area contributed by atoms with Crippen molar-refractivity contribution in [3.8, 4) is 11.5 Å². The Morgan fingerprint density at radius 2 is 2.25 bits per heavy atom. The number of phenols is 1. The summed E-state index contributed by atoms with van der Waals surface area (Å²) in [6, 6.07) is 8.64. The van der Waals surface area contributed by atoms with E-state index < -0.39 is 0 Å². The Bertz CT molecular complexity index is 822. The fraction of sp³-hybridized carbons (Fsp3) is 0.118. The van der Waals surface area contributed by atoms with Crippen LogP contribution in [0.1, 0.15) is 11.1 Å². The number of rotatable bonds is 4. The van der Waals surface area contributed by atoms with Gasteiger partial charge < -0.3 is 9.84 Å². The number of thiocarbonyl (C=S) groups is 1. The number of aromatic nitrogens is 1. The van der Waals surface area contributed by atoms with Crippen LogP contribution < -0.4 is 4.74 Å². The van der Waals surface area contributed by atoms with Gasteiger partial charge in [-0.1, -0.05) is 36.1 Å². The quantitative estimate of drug-likeness (QED) is 0.669. The molecule has 0 saturated carbocycles. The molecule has 0 atom stereocenters. The molecule has 0 aliphatic carbocycles. The molecule has 122 valence electrons. The zero-order valence-corrected chi connectivity index (χ0v) is 14.4.